The van der Waals surface area contributed by atoms with Gasteiger partial charge in [0.15, 0.2) is 0 Å². The number of amides is 2. The number of hydrogen-bond acceptors (Lipinski definition) is 3. The first-order chi connectivity index (χ1) is 12.0. The molecule has 0 aliphatic heterocycles. The highest BCUT2D eigenvalue weighted by Gasteiger charge is 2.19. The van der Waals surface area contributed by atoms with Gasteiger partial charge in [0, 0.05) is 11.3 Å². The lowest BCUT2D eigenvalue weighted by Gasteiger charge is -2.19. The Morgan fingerprint density at radius 1 is 1.12 bits per heavy atom. The molecule has 2 amide bonds. The van der Waals surface area contributed by atoms with Crippen molar-refractivity contribution in [2.45, 2.75) is 26.3 Å². The summed E-state index contributed by atoms with van der Waals surface area (Å²) in [6.45, 7) is 3.54. The van der Waals surface area contributed by atoms with Crippen LogP contribution in [0.15, 0.2) is 48.5 Å². The Morgan fingerprint density at radius 3 is 2.52 bits per heavy atom. The van der Waals surface area contributed by atoms with Crippen LogP contribution in [0.2, 0.25) is 0 Å². The molecule has 0 aliphatic carbocycles. The van der Waals surface area contributed by atoms with Crippen LogP contribution in [0.3, 0.4) is 0 Å². The van der Waals surface area contributed by atoms with Crippen LogP contribution in [0.5, 0.6) is 0 Å². The van der Waals surface area contributed by atoms with Crippen molar-refractivity contribution >= 4 is 17.7 Å². The molecular formula is C19H21FN2O3. The van der Waals surface area contributed by atoms with E-state index in [1.165, 1.54) is 12.1 Å². The van der Waals surface area contributed by atoms with Crippen molar-refractivity contribution in [3.63, 3.8) is 0 Å². The zero-order chi connectivity index (χ0) is 18.2. The highest BCUT2D eigenvalue weighted by Crippen LogP contribution is 2.21. The maximum atomic E-state index is 13.6. The fourth-order valence-electron chi connectivity index (χ4n) is 2.38. The van der Waals surface area contributed by atoms with E-state index in [1.807, 2.05) is 30.3 Å². The summed E-state index contributed by atoms with van der Waals surface area (Å²) in [6, 6.07) is 13.1. The number of carbonyl (C=O) groups excluding carboxylic acids is 2. The van der Waals surface area contributed by atoms with Gasteiger partial charge in [-0.25, -0.2) is 9.18 Å². The second-order valence-corrected chi connectivity index (χ2v) is 5.49. The normalized spacial score (nSPS) is 11.5. The molecule has 25 heavy (non-hydrogen) atoms. The van der Waals surface area contributed by atoms with Gasteiger partial charge in [-0.15, -0.1) is 0 Å². The zero-order valence-corrected chi connectivity index (χ0v) is 14.2. The molecule has 0 aliphatic rings. The molecule has 0 radical (unpaired) electrons. The number of benzene rings is 2. The topological polar surface area (TPSA) is 67.4 Å². The van der Waals surface area contributed by atoms with Crippen LogP contribution in [0.1, 0.15) is 30.5 Å². The van der Waals surface area contributed by atoms with Crippen molar-refractivity contribution in [2.75, 3.05) is 11.9 Å². The van der Waals surface area contributed by atoms with Gasteiger partial charge >= 0.3 is 6.09 Å². The average Bonchev–Trinajstić information content (AvgIpc) is 2.59. The largest absolute Gasteiger partial charge is 0.450 e. The minimum Gasteiger partial charge on any atom is -0.450 e. The summed E-state index contributed by atoms with van der Waals surface area (Å²) in [5.41, 5.74) is 1.56. The van der Waals surface area contributed by atoms with E-state index in [-0.39, 0.29) is 24.8 Å². The molecule has 0 saturated heterocycles. The molecule has 0 heterocycles. The van der Waals surface area contributed by atoms with Crippen LogP contribution in [0, 0.1) is 12.7 Å². The molecule has 0 aromatic heterocycles. The summed E-state index contributed by atoms with van der Waals surface area (Å²) in [6.07, 6.45) is -0.593. The molecule has 0 bridgehead atoms. The Labute approximate surface area is 146 Å². The lowest BCUT2D eigenvalue weighted by atomic mass is 10.0. The molecule has 132 valence electrons. The van der Waals surface area contributed by atoms with Crippen LogP contribution >= 0.6 is 0 Å². The first kappa shape index (κ1) is 18.4. The van der Waals surface area contributed by atoms with Crippen molar-refractivity contribution in [3.8, 4) is 0 Å². The minimum atomic E-state index is -0.592. The van der Waals surface area contributed by atoms with E-state index in [4.69, 9.17) is 4.74 Å². The maximum Gasteiger partial charge on any atom is 0.407 e. The summed E-state index contributed by atoms with van der Waals surface area (Å²) < 4.78 is 18.5. The standard InChI is InChI=1S/C19H21FN2O3/c1-3-25-19(24)22-17(14-8-5-4-6-9-14)12-18(23)21-16-11-7-10-15(20)13(16)2/h4-11,17H,3,12H2,1-2H3,(H,21,23)(H,22,24)/t17-/m1/s1. The van der Waals surface area contributed by atoms with Crippen molar-refractivity contribution in [1.29, 1.82) is 0 Å². The van der Waals surface area contributed by atoms with Gasteiger partial charge in [0.1, 0.15) is 5.82 Å². The third-order valence-electron chi connectivity index (χ3n) is 3.70. The number of hydrogen-bond donors (Lipinski definition) is 2. The smallest absolute Gasteiger partial charge is 0.407 e. The molecule has 1 atom stereocenters. The third-order valence-corrected chi connectivity index (χ3v) is 3.70. The number of ether oxygens (including phenoxy) is 1. The van der Waals surface area contributed by atoms with Gasteiger partial charge in [-0.05, 0) is 31.5 Å². The summed E-state index contributed by atoms with van der Waals surface area (Å²) in [4.78, 5) is 24.1. The van der Waals surface area contributed by atoms with Crippen molar-refractivity contribution < 1.29 is 18.7 Å². The van der Waals surface area contributed by atoms with Gasteiger partial charge in [0.2, 0.25) is 5.91 Å². The van der Waals surface area contributed by atoms with E-state index < -0.39 is 12.1 Å². The number of alkyl carbamates (subject to hydrolysis) is 1. The fraction of sp³-hybridized carbons (Fsp3) is 0.263. The Morgan fingerprint density at radius 2 is 1.84 bits per heavy atom. The van der Waals surface area contributed by atoms with E-state index in [0.717, 1.165) is 5.56 Å². The predicted octanol–water partition coefficient (Wildman–Crippen LogP) is 3.95. The highest BCUT2D eigenvalue weighted by molar-refractivity contribution is 5.92. The lowest BCUT2D eigenvalue weighted by molar-refractivity contribution is -0.116. The lowest BCUT2D eigenvalue weighted by Crippen LogP contribution is -2.32. The Balaban J connectivity index is 2.11. The van der Waals surface area contributed by atoms with Crippen LogP contribution in [-0.2, 0) is 9.53 Å². The molecule has 6 heteroatoms. The molecule has 2 aromatic carbocycles. The molecule has 2 rings (SSSR count). The van der Waals surface area contributed by atoms with E-state index in [0.29, 0.717) is 11.3 Å². The van der Waals surface area contributed by atoms with Gasteiger partial charge in [0.25, 0.3) is 0 Å². The van der Waals surface area contributed by atoms with Crippen molar-refractivity contribution in [3.05, 3.63) is 65.5 Å². The van der Waals surface area contributed by atoms with Crippen LogP contribution < -0.4 is 10.6 Å². The predicted molar refractivity (Wildman–Crippen MR) is 93.7 cm³/mol. The molecule has 2 aromatic rings. The average molecular weight is 344 g/mol. The first-order valence-electron chi connectivity index (χ1n) is 8.04. The molecule has 0 spiro atoms. The number of anilines is 1. The van der Waals surface area contributed by atoms with Gasteiger partial charge in [0.05, 0.1) is 19.1 Å². The summed E-state index contributed by atoms with van der Waals surface area (Å²) in [5.74, 6) is -0.721. The van der Waals surface area contributed by atoms with Gasteiger partial charge in [-0.2, -0.15) is 0 Å². The summed E-state index contributed by atoms with van der Waals surface area (Å²) in [5, 5.41) is 5.37. The van der Waals surface area contributed by atoms with E-state index in [9.17, 15) is 14.0 Å². The highest BCUT2D eigenvalue weighted by atomic mass is 19.1. The Hall–Kier alpha value is -2.89. The van der Waals surface area contributed by atoms with Crippen LogP contribution in [0.25, 0.3) is 0 Å². The third kappa shape index (κ3) is 5.31. The van der Waals surface area contributed by atoms with Crippen LogP contribution in [0.4, 0.5) is 14.9 Å². The summed E-state index contributed by atoms with van der Waals surface area (Å²) in [7, 11) is 0. The number of halogens is 1. The maximum absolute atomic E-state index is 13.6. The second-order valence-electron chi connectivity index (χ2n) is 5.49. The SMILES string of the molecule is CCOC(=O)N[C@H](CC(=O)Nc1cccc(F)c1C)c1ccccc1. The molecule has 0 fully saturated rings. The Kier molecular flexibility index (Phi) is 6.51. The molecule has 0 saturated carbocycles. The molecule has 0 unspecified atom stereocenters. The first-order valence-corrected chi connectivity index (χ1v) is 8.04. The van der Waals surface area contributed by atoms with E-state index in [2.05, 4.69) is 10.6 Å². The number of rotatable bonds is 6. The fourth-order valence-corrected chi connectivity index (χ4v) is 2.38. The monoisotopic (exact) mass is 344 g/mol. The van der Waals surface area contributed by atoms with Gasteiger partial charge in [-0.3, -0.25) is 4.79 Å². The Bertz CT molecular complexity index is 735. The van der Waals surface area contributed by atoms with E-state index >= 15 is 0 Å². The van der Waals surface area contributed by atoms with Crippen LogP contribution in [-0.4, -0.2) is 18.6 Å². The number of carbonyl (C=O) groups is 2. The molecule has 5 nitrogen and oxygen atoms in total. The molecule has 2 N–H and O–H groups in total. The van der Waals surface area contributed by atoms with E-state index in [1.54, 1.807) is 19.9 Å². The number of nitrogens with one attached hydrogen (secondary N) is 2. The van der Waals surface area contributed by atoms with Crippen molar-refractivity contribution in [2.24, 2.45) is 0 Å². The molecular weight excluding hydrogens is 323 g/mol. The van der Waals surface area contributed by atoms with Crippen molar-refractivity contribution in [1.82, 2.24) is 5.32 Å². The second kappa shape index (κ2) is 8.82. The quantitative estimate of drug-likeness (QED) is 0.834. The minimum absolute atomic E-state index is 0.00121. The zero-order valence-electron chi connectivity index (χ0n) is 14.2. The van der Waals surface area contributed by atoms with Gasteiger partial charge in [-0.1, -0.05) is 36.4 Å². The van der Waals surface area contributed by atoms with Gasteiger partial charge < -0.3 is 15.4 Å². The summed E-state index contributed by atoms with van der Waals surface area (Å²) >= 11 is 0.